The molecule has 3 aromatic rings. The Morgan fingerprint density at radius 3 is 2.67 bits per heavy atom. The Bertz CT molecular complexity index is 842. The third-order valence-electron chi connectivity index (χ3n) is 4.41. The van der Waals surface area contributed by atoms with Crippen molar-refractivity contribution in [3.63, 3.8) is 0 Å². The van der Waals surface area contributed by atoms with Crippen LogP contribution >= 0.6 is 11.6 Å². The fourth-order valence-corrected chi connectivity index (χ4v) is 3.08. The van der Waals surface area contributed by atoms with Crippen LogP contribution in [0.2, 0.25) is 5.02 Å². The lowest BCUT2D eigenvalue weighted by Crippen LogP contribution is -2.37. The van der Waals surface area contributed by atoms with Crippen LogP contribution in [0.5, 0.6) is 0 Å². The summed E-state index contributed by atoms with van der Waals surface area (Å²) in [5.74, 6) is 0.913. The average molecular weight is 344 g/mol. The Hall–Kier alpha value is -1.88. The monoisotopic (exact) mass is 343 g/mol. The molecule has 1 aromatic heterocycles. The molecule has 2 aromatic carbocycles. The van der Waals surface area contributed by atoms with Crippen molar-refractivity contribution >= 4 is 22.6 Å². The number of nitrogens with zero attached hydrogens (tertiary/aromatic N) is 2. The number of halogens is 1. The molecule has 0 aliphatic heterocycles. The topological polar surface area (TPSA) is 50.1 Å². The number of benzene rings is 2. The van der Waals surface area contributed by atoms with E-state index in [4.69, 9.17) is 11.6 Å². The second kappa shape index (κ2) is 6.55. The van der Waals surface area contributed by atoms with Gasteiger partial charge in [0.15, 0.2) is 0 Å². The van der Waals surface area contributed by atoms with Crippen LogP contribution in [0.1, 0.15) is 31.3 Å². The summed E-state index contributed by atoms with van der Waals surface area (Å²) in [5.41, 5.74) is 1.87. The first kappa shape index (κ1) is 17.0. The zero-order chi connectivity index (χ0) is 17.3. The van der Waals surface area contributed by atoms with Gasteiger partial charge >= 0.3 is 0 Å². The first-order chi connectivity index (χ1) is 11.4. The molecular formula is C19H22ClN3O. The molecule has 126 valence electrons. The third-order valence-corrected chi connectivity index (χ3v) is 4.65. The van der Waals surface area contributed by atoms with E-state index in [9.17, 15) is 5.11 Å². The van der Waals surface area contributed by atoms with Crippen LogP contribution in [-0.4, -0.2) is 21.2 Å². The van der Waals surface area contributed by atoms with E-state index < -0.39 is 5.60 Å². The van der Waals surface area contributed by atoms with E-state index in [1.807, 2.05) is 74.0 Å². The third kappa shape index (κ3) is 3.31. The highest BCUT2D eigenvalue weighted by Gasteiger charge is 2.24. The molecule has 1 heterocycles. The molecule has 0 radical (unpaired) electrons. The molecule has 0 bridgehead atoms. The van der Waals surface area contributed by atoms with Crippen molar-refractivity contribution in [2.24, 2.45) is 7.05 Å². The van der Waals surface area contributed by atoms with Crippen LogP contribution in [0, 0.1) is 0 Å². The summed E-state index contributed by atoms with van der Waals surface area (Å²) in [6.45, 7) is 4.29. The summed E-state index contributed by atoms with van der Waals surface area (Å²) >= 11 is 6.08. The number of aryl methyl sites for hydroxylation is 1. The van der Waals surface area contributed by atoms with Crippen molar-refractivity contribution in [1.82, 2.24) is 14.9 Å². The van der Waals surface area contributed by atoms with Crippen molar-refractivity contribution in [1.29, 1.82) is 0 Å². The molecule has 4 nitrogen and oxygen atoms in total. The number of rotatable bonds is 5. The second-order valence-corrected chi connectivity index (χ2v) is 6.84. The van der Waals surface area contributed by atoms with E-state index >= 15 is 0 Å². The highest BCUT2D eigenvalue weighted by molar-refractivity contribution is 6.31. The first-order valence-electron chi connectivity index (χ1n) is 8.01. The van der Waals surface area contributed by atoms with Gasteiger partial charge in [0.05, 0.1) is 22.7 Å². The van der Waals surface area contributed by atoms with Crippen LogP contribution in [0.15, 0.2) is 48.5 Å². The minimum Gasteiger partial charge on any atom is -0.384 e. The van der Waals surface area contributed by atoms with Crippen molar-refractivity contribution in [2.45, 2.75) is 25.5 Å². The number of imidazole rings is 1. The minimum atomic E-state index is -0.941. The lowest BCUT2D eigenvalue weighted by atomic mass is 9.96. The van der Waals surface area contributed by atoms with Gasteiger partial charge in [0.1, 0.15) is 5.82 Å². The number of hydrogen-bond donors (Lipinski definition) is 2. The van der Waals surface area contributed by atoms with E-state index in [0.29, 0.717) is 11.6 Å². The van der Waals surface area contributed by atoms with Crippen molar-refractivity contribution in [3.8, 4) is 0 Å². The first-order valence-corrected chi connectivity index (χ1v) is 8.39. The van der Waals surface area contributed by atoms with Gasteiger partial charge in [0.25, 0.3) is 0 Å². The number of fused-ring (bicyclic) bond motifs is 1. The maximum absolute atomic E-state index is 10.7. The molecule has 3 rings (SSSR count). The van der Waals surface area contributed by atoms with Crippen LogP contribution in [-0.2, 0) is 12.6 Å². The number of hydrogen-bond acceptors (Lipinski definition) is 3. The normalized spacial score (nSPS) is 15.4. The van der Waals surface area contributed by atoms with Gasteiger partial charge in [-0.15, -0.1) is 0 Å². The van der Waals surface area contributed by atoms with Gasteiger partial charge in [-0.3, -0.25) is 0 Å². The summed E-state index contributed by atoms with van der Waals surface area (Å²) in [7, 11) is 1.98. The van der Waals surface area contributed by atoms with E-state index in [0.717, 1.165) is 22.4 Å². The van der Waals surface area contributed by atoms with E-state index in [1.54, 1.807) is 0 Å². The van der Waals surface area contributed by atoms with Crippen LogP contribution in [0.4, 0.5) is 0 Å². The predicted molar refractivity (Wildman–Crippen MR) is 98.2 cm³/mol. The van der Waals surface area contributed by atoms with E-state index in [2.05, 4.69) is 10.3 Å². The quantitative estimate of drug-likeness (QED) is 0.741. The fourth-order valence-electron chi connectivity index (χ4n) is 2.91. The Balaban J connectivity index is 1.78. The van der Waals surface area contributed by atoms with Crippen LogP contribution in [0.3, 0.4) is 0 Å². The number of nitrogens with one attached hydrogen (secondary N) is 1. The lowest BCUT2D eigenvalue weighted by molar-refractivity contribution is 0.0540. The Kier molecular flexibility index (Phi) is 4.63. The van der Waals surface area contributed by atoms with Crippen LogP contribution < -0.4 is 5.32 Å². The molecule has 2 unspecified atom stereocenters. The standard InChI is InChI=1S/C19H22ClN3O/c1-13(21-12-19(2,24)14-7-5-4-6-8-14)18-22-16-10-9-15(20)11-17(16)23(18)3/h4-11,13,21,24H,12H2,1-3H3. The summed E-state index contributed by atoms with van der Waals surface area (Å²) < 4.78 is 2.04. The molecule has 24 heavy (non-hydrogen) atoms. The number of aliphatic hydroxyl groups is 1. The SMILES string of the molecule is CC(NCC(C)(O)c1ccccc1)c1nc2ccc(Cl)cc2n1C. The average Bonchev–Trinajstić information content (AvgIpc) is 2.90. The second-order valence-electron chi connectivity index (χ2n) is 6.40. The van der Waals surface area contributed by atoms with Gasteiger partial charge in [-0.2, -0.15) is 0 Å². The lowest BCUT2D eigenvalue weighted by Gasteiger charge is -2.26. The van der Waals surface area contributed by atoms with Crippen molar-refractivity contribution in [3.05, 3.63) is 64.9 Å². The summed E-state index contributed by atoms with van der Waals surface area (Å²) in [4.78, 5) is 4.69. The fraction of sp³-hybridized carbons (Fsp3) is 0.316. The molecule has 0 aliphatic rings. The van der Waals surface area contributed by atoms with Gasteiger partial charge in [0.2, 0.25) is 0 Å². The van der Waals surface area contributed by atoms with Gasteiger partial charge in [-0.1, -0.05) is 41.9 Å². The largest absolute Gasteiger partial charge is 0.384 e. The molecule has 0 amide bonds. The molecule has 0 fully saturated rings. The molecular weight excluding hydrogens is 322 g/mol. The Labute approximate surface area is 147 Å². The van der Waals surface area contributed by atoms with Crippen molar-refractivity contribution < 1.29 is 5.11 Å². The van der Waals surface area contributed by atoms with Gasteiger partial charge in [-0.05, 0) is 37.6 Å². The Morgan fingerprint density at radius 1 is 1.25 bits per heavy atom. The minimum absolute atomic E-state index is 0.00337. The molecule has 2 N–H and O–H groups in total. The predicted octanol–water partition coefficient (Wildman–Crippen LogP) is 3.79. The van der Waals surface area contributed by atoms with Gasteiger partial charge in [-0.25, -0.2) is 4.98 Å². The summed E-state index contributed by atoms with van der Waals surface area (Å²) in [6.07, 6.45) is 0. The van der Waals surface area contributed by atoms with Crippen molar-refractivity contribution in [2.75, 3.05) is 6.54 Å². The molecule has 2 atom stereocenters. The van der Waals surface area contributed by atoms with E-state index in [-0.39, 0.29) is 6.04 Å². The summed E-state index contributed by atoms with van der Waals surface area (Å²) in [6, 6.07) is 15.4. The zero-order valence-corrected chi connectivity index (χ0v) is 14.9. The van der Waals surface area contributed by atoms with Gasteiger partial charge < -0.3 is 15.0 Å². The van der Waals surface area contributed by atoms with Crippen LogP contribution in [0.25, 0.3) is 11.0 Å². The van der Waals surface area contributed by atoms with E-state index in [1.165, 1.54) is 0 Å². The molecule has 0 saturated carbocycles. The smallest absolute Gasteiger partial charge is 0.126 e. The maximum atomic E-state index is 10.7. The maximum Gasteiger partial charge on any atom is 0.126 e. The summed E-state index contributed by atoms with van der Waals surface area (Å²) in [5, 5.41) is 14.8. The molecule has 0 aliphatic carbocycles. The van der Waals surface area contributed by atoms with Gasteiger partial charge in [0, 0.05) is 18.6 Å². The Morgan fingerprint density at radius 2 is 1.96 bits per heavy atom. The molecule has 0 saturated heterocycles. The molecule has 0 spiro atoms. The zero-order valence-electron chi connectivity index (χ0n) is 14.1. The highest BCUT2D eigenvalue weighted by Crippen LogP contribution is 2.24. The number of aromatic nitrogens is 2. The highest BCUT2D eigenvalue weighted by atomic mass is 35.5. The molecule has 5 heteroatoms.